The number of aliphatic carboxylic acids is 4. The van der Waals surface area contributed by atoms with E-state index in [4.69, 9.17) is 31.9 Å². The van der Waals surface area contributed by atoms with E-state index in [0.717, 1.165) is 9.80 Å². The van der Waals surface area contributed by atoms with Crippen molar-refractivity contribution in [1.29, 1.82) is 0 Å². The van der Waals surface area contributed by atoms with Gasteiger partial charge >= 0.3 is 53.4 Å². The molecular weight excluding hydrogens is 567 g/mol. The fourth-order valence-electron chi connectivity index (χ4n) is 1.48. The third kappa shape index (κ3) is 127. The fraction of sp³-hybridized carbons (Fsp3) is 0.600. The van der Waals surface area contributed by atoms with Gasteiger partial charge in [0.15, 0.2) is 0 Å². The Labute approximate surface area is 259 Å². The van der Waals surface area contributed by atoms with Gasteiger partial charge in [0.25, 0.3) is 0 Å². The molecule has 0 aromatic carbocycles. The van der Waals surface area contributed by atoms with Crippen LogP contribution >= 0.6 is 0 Å². The van der Waals surface area contributed by atoms with Crippen LogP contribution in [-0.4, -0.2) is 160 Å². The van der Waals surface area contributed by atoms with Crippen molar-refractivity contribution in [2.45, 2.75) is 27.7 Å². The van der Waals surface area contributed by atoms with Crippen molar-refractivity contribution < 1.29 is 58.8 Å². The summed E-state index contributed by atoms with van der Waals surface area (Å²) in [6.45, 7) is 4.17. The molecule has 0 aliphatic heterocycles. The number of carboxylic acids is 4. The first-order valence-electron chi connectivity index (χ1n) is 10.8. The predicted octanol–water partition coefficient (Wildman–Crippen LogP) is -5.85. The van der Waals surface area contributed by atoms with E-state index in [-0.39, 0.29) is 66.3 Å². The Morgan fingerprint density at radius 1 is 0.463 bits per heavy atom. The standard InChI is InChI=1S/C10H16N2O8.C2H8N2.4C2H5NO.Na.H/c13-7(14)3-11(4-8(15)16)1-2-12(5-9(17)18)6-10(19)20;3-1-2-4;4*1-2(3)4;;/h1-6H2,(H,13,14)(H,15,16)(H,17,18)(H,19,20);1-4H2;4*1H3,(H2,3,4);;. The van der Waals surface area contributed by atoms with Gasteiger partial charge in [0.2, 0.25) is 23.6 Å². The Morgan fingerprint density at radius 2 is 0.585 bits per heavy atom. The molecule has 0 atom stereocenters. The van der Waals surface area contributed by atoms with Gasteiger partial charge in [-0.2, -0.15) is 0 Å². The maximum absolute atomic E-state index is 10.6. The number of amides is 4. The number of primary amides is 4. The van der Waals surface area contributed by atoms with Crippen LogP contribution < -0.4 is 34.4 Å². The number of carbonyl (C=O) groups is 8. The fourth-order valence-corrected chi connectivity index (χ4v) is 1.48. The quantitative estimate of drug-likeness (QED) is 0.0917. The van der Waals surface area contributed by atoms with Gasteiger partial charge < -0.3 is 54.8 Å². The molecule has 0 aliphatic carbocycles. The molecule has 0 fully saturated rings. The molecule has 0 saturated carbocycles. The zero-order chi connectivity index (χ0) is 33.4. The van der Waals surface area contributed by atoms with Crippen LogP contribution in [0.5, 0.6) is 0 Å². The van der Waals surface area contributed by atoms with Crippen LogP contribution in [0.2, 0.25) is 0 Å². The molecule has 16 N–H and O–H groups in total. The van der Waals surface area contributed by atoms with Crippen molar-refractivity contribution >= 4 is 77.1 Å². The summed E-state index contributed by atoms with van der Waals surface area (Å²) in [5, 5.41) is 34.5. The van der Waals surface area contributed by atoms with Crippen LogP contribution in [0.3, 0.4) is 0 Å². The minimum absolute atomic E-state index is 0. The molecule has 20 nitrogen and oxygen atoms in total. The number of carboxylic acid groups (broad SMARTS) is 4. The molecular formula is C20H45N8NaO12. The second-order valence-corrected chi connectivity index (χ2v) is 7.02. The van der Waals surface area contributed by atoms with E-state index >= 15 is 0 Å². The number of hydrogen-bond donors (Lipinski definition) is 10. The molecule has 0 aromatic heterocycles. The summed E-state index contributed by atoms with van der Waals surface area (Å²) >= 11 is 0. The van der Waals surface area contributed by atoms with Crippen LogP contribution in [0, 0.1) is 0 Å². The van der Waals surface area contributed by atoms with Crippen molar-refractivity contribution in [2.75, 3.05) is 52.4 Å². The van der Waals surface area contributed by atoms with Gasteiger partial charge in [-0.15, -0.1) is 0 Å². The van der Waals surface area contributed by atoms with Crippen molar-refractivity contribution in [2.24, 2.45) is 34.4 Å². The summed E-state index contributed by atoms with van der Waals surface area (Å²) in [7, 11) is 0. The normalized spacial score (nSPS) is 8.39. The monoisotopic (exact) mass is 612 g/mol. The molecule has 0 radical (unpaired) electrons. The van der Waals surface area contributed by atoms with E-state index < -0.39 is 50.1 Å². The SMILES string of the molecule is CC(N)=O.CC(N)=O.CC(N)=O.CC(N)=O.NCCN.O=C(O)CN(CCN(CC(=O)O)CC(=O)O)CC(=O)O.[NaH]. The molecule has 0 rings (SSSR count). The van der Waals surface area contributed by atoms with Crippen molar-refractivity contribution in [3.63, 3.8) is 0 Å². The number of carbonyl (C=O) groups excluding carboxylic acids is 4. The molecule has 0 bridgehead atoms. The first-order chi connectivity index (χ1) is 18.0. The van der Waals surface area contributed by atoms with Gasteiger partial charge in [-0.05, 0) is 0 Å². The van der Waals surface area contributed by atoms with E-state index in [1.54, 1.807) is 0 Å². The first kappa shape index (κ1) is 53.8. The van der Waals surface area contributed by atoms with Gasteiger partial charge in [0, 0.05) is 53.9 Å². The molecule has 0 saturated heterocycles. The molecule has 41 heavy (non-hydrogen) atoms. The Hall–Kier alpha value is -3.40. The van der Waals surface area contributed by atoms with E-state index in [2.05, 4.69) is 22.9 Å². The molecule has 0 aliphatic rings. The molecule has 21 heteroatoms. The second kappa shape index (κ2) is 38.7. The van der Waals surface area contributed by atoms with Gasteiger partial charge in [-0.1, -0.05) is 0 Å². The van der Waals surface area contributed by atoms with E-state index in [1.165, 1.54) is 27.7 Å². The van der Waals surface area contributed by atoms with Crippen molar-refractivity contribution in [3.8, 4) is 0 Å². The molecule has 0 spiro atoms. The third-order valence-electron chi connectivity index (χ3n) is 2.33. The summed E-state index contributed by atoms with van der Waals surface area (Å²) < 4.78 is 0. The zero-order valence-corrected chi connectivity index (χ0v) is 23.1. The average Bonchev–Trinajstić information content (AvgIpc) is 2.68. The summed E-state index contributed by atoms with van der Waals surface area (Å²) in [6, 6.07) is 0. The first-order valence-corrected chi connectivity index (χ1v) is 10.8. The maximum atomic E-state index is 10.6. The van der Waals surface area contributed by atoms with Crippen molar-refractivity contribution in [3.05, 3.63) is 0 Å². The Morgan fingerprint density at radius 3 is 0.659 bits per heavy atom. The number of hydrogen-bond acceptors (Lipinski definition) is 12. The zero-order valence-electron chi connectivity index (χ0n) is 23.1. The predicted molar refractivity (Wildman–Crippen MR) is 148 cm³/mol. The number of nitrogens with zero attached hydrogens (tertiary/aromatic N) is 2. The molecule has 0 unspecified atom stereocenters. The van der Waals surface area contributed by atoms with E-state index in [1.807, 2.05) is 0 Å². The minimum atomic E-state index is -1.23. The number of nitrogens with two attached hydrogens (primary N) is 6. The van der Waals surface area contributed by atoms with Crippen molar-refractivity contribution in [1.82, 2.24) is 9.80 Å². The summed E-state index contributed by atoms with van der Waals surface area (Å²) in [6.07, 6.45) is 0. The third-order valence-corrected chi connectivity index (χ3v) is 2.33. The van der Waals surface area contributed by atoms with Crippen LogP contribution in [0.25, 0.3) is 0 Å². The molecule has 238 valence electrons. The Bertz CT molecular complexity index is 639. The van der Waals surface area contributed by atoms with Gasteiger partial charge in [0.1, 0.15) is 0 Å². The number of rotatable bonds is 12. The molecule has 4 amide bonds. The van der Waals surface area contributed by atoms with Crippen LogP contribution in [0.1, 0.15) is 27.7 Å². The van der Waals surface area contributed by atoms with E-state index in [9.17, 15) is 38.4 Å². The summed E-state index contributed by atoms with van der Waals surface area (Å²) in [5.74, 6) is -6.24. The molecule has 0 aromatic rings. The second-order valence-electron chi connectivity index (χ2n) is 7.02. The van der Waals surface area contributed by atoms with Gasteiger partial charge in [0.05, 0.1) is 26.2 Å². The van der Waals surface area contributed by atoms with Crippen LogP contribution in [-0.2, 0) is 38.4 Å². The van der Waals surface area contributed by atoms with Crippen LogP contribution in [0.4, 0.5) is 0 Å². The topological polar surface area (TPSA) is 380 Å². The van der Waals surface area contributed by atoms with Gasteiger partial charge in [-0.25, -0.2) is 0 Å². The average molecular weight is 613 g/mol. The summed E-state index contributed by atoms with van der Waals surface area (Å²) in [5.41, 5.74) is 27.7. The summed E-state index contributed by atoms with van der Waals surface area (Å²) in [4.78, 5) is 81.3. The van der Waals surface area contributed by atoms with Gasteiger partial charge in [-0.3, -0.25) is 48.2 Å². The Kier molecular flexibility index (Phi) is 50.8. The molecule has 0 heterocycles. The van der Waals surface area contributed by atoms with Crippen LogP contribution in [0.15, 0.2) is 0 Å². The van der Waals surface area contributed by atoms with E-state index in [0.29, 0.717) is 13.1 Å². The Balaban J connectivity index is -0.0000000891.